The highest BCUT2D eigenvalue weighted by atomic mass is 32.1. The van der Waals surface area contributed by atoms with Crippen LogP contribution in [0, 0.1) is 0 Å². The smallest absolute Gasteiger partial charge is 0.251 e. The van der Waals surface area contributed by atoms with Crippen molar-refractivity contribution in [2.24, 2.45) is 0 Å². The maximum absolute atomic E-state index is 12.6. The number of likely N-dealkylation sites (tertiary alicyclic amines) is 1. The van der Waals surface area contributed by atoms with Gasteiger partial charge in [-0.05, 0) is 70.6 Å². The first-order chi connectivity index (χ1) is 14.1. The summed E-state index contributed by atoms with van der Waals surface area (Å²) in [6.45, 7) is 8.65. The number of thiazole rings is 1. The van der Waals surface area contributed by atoms with E-state index in [4.69, 9.17) is 4.98 Å². The predicted octanol–water partition coefficient (Wildman–Crippen LogP) is 4.67. The summed E-state index contributed by atoms with van der Waals surface area (Å²) in [4.78, 5) is 22.4. The van der Waals surface area contributed by atoms with Crippen LogP contribution >= 0.6 is 11.3 Å². The minimum absolute atomic E-state index is 0.0274. The molecule has 3 heterocycles. The molecule has 1 N–H and O–H groups in total. The molecule has 1 aromatic heterocycles. The standard InChI is InChI=1S/C23H34N4OS/c1-17-8-6-9-18(2)27(17)15-7-12-24-22(28)19-10-11-20-21(16-19)29-23(25-20)26-13-4-3-5-14-26/h10-11,16-18H,3-9,12-15H2,1-2H3,(H,24,28)/t17-,18-/m1/s1. The number of nitrogens with zero attached hydrogens (tertiary/aromatic N) is 3. The molecule has 2 fully saturated rings. The Morgan fingerprint density at radius 2 is 1.90 bits per heavy atom. The summed E-state index contributed by atoms with van der Waals surface area (Å²) in [6.07, 6.45) is 8.76. The first-order valence-corrected chi connectivity index (χ1v) is 12.1. The van der Waals surface area contributed by atoms with Crippen LogP contribution in [0.2, 0.25) is 0 Å². The molecule has 2 aliphatic heterocycles. The van der Waals surface area contributed by atoms with E-state index in [1.807, 2.05) is 18.2 Å². The molecule has 29 heavy (non-hydrogen) atoms. The number of amides is 1. The number of hydrogen-bond donors (Lipinski definition) is 1. The van der Waals surface area contributed by atoms with Crippen LogP contribution in [0.1, 0.15) is 69.2 Å². The predicted molar refractivity (Wildman–Crippen MR) is 122 cm³/mol. The second-order valence-corrected chi connectivity index (χ2v) is 9.71. The average molecular weight is 415 g/mol. The first-order valence-electron chi connectivity index (χ1n) is 11.3. The van der Waals surface area contributed by atoms with Gasteiger partial charge in [0.25, 0.3) is 5.91 Å². The number of piperidine rings is 2. The number of benzene rings is 1. The molecule has 5 nitrogen and oxygen atoms in total. The molecule has 0 spiro atoms. The van der Waals surface area contributed by atoms with Crippen molar-refractivity contribution < 1.29 is 4.79 Å². The highest BCUT2D eigenvalue weighted by Crippen LogP contribution is 2.31. The van der Waals surface area contributed by atoms with Crippen molar-refractivity contribution in [3.8, 4) is 0 Å². The van der Waals surface area contributed by atoms with Crippen molar-refractivity contribution in [2.45, 2.75) is 70.9 Å². The van der Waals surface area contributed by atoms with Gasteiger partial charge in [-0.25, -0.2) is 4.98 Å². The zero-order valence-electron chi connectivity index (χ0n) is 17.8. The molecule has 2 atom stereocenters. The molecule has 2 aliphatic rings. The number of nitrogens with one attached hydrogen (secondary N) is 1. The molecule has 4 rings (SSSR count). The van der Waals surface area contributed by atoms with Crippen molar-refractivity contribution in [3.63, 3.8) is 0 Å². The molecule has 0 unspecified atom stereocenters. The fourth-order valence-electron chi connectivity index (χ4n) is 4.76. The lowest BCUT2D eigenvalue weighted by Crippen LogP contribution is -2.44. The Morgan fingerprint density at radius 1 is 1.14 bits per heavy atom. The third kappa shape index (κ3) is 4.92. The van der Waals surface area contributed by atoms with Crippen molar-refractivity contribution >= 4 is 32.6 Å². The third-order valence-corrected chi connectivity index (χ3v) is 7.60. The monoisotopic (exact) mass is 414 g/mol. The topological polar surface area (TPSA) is 48.5 Å². The van der Waals surface area contributed by atoms with E-state index < -0.39 is 0 Å². The summed E-state index contributed by atoms with van der Waals surface area (Å²) in [7, 11) is 0. The van der Waals surface area contributed by atoms with E-state index in [9.17, 15) is 4.79 Å². The van der Waals surface area contributed by atoms with Crippen LogP contribution in [0.4, 0.5) is 5.13 Å². The van der Waals surface area contributed by atoms with Gasteiger partial charge in [-0.15, -0.1) is 0 Å². The second kappa shape index (κ2) is 9.43. The van der Waals surface area contributed by atoms with Crippen molar-refractivity contribution in [2.75, 3.05) is 31.1 Å². The Hall–Kier alpha value is -1.66. The Morgan fingerprint density at radius 3 is 2.66 bits per heavy atom. The highest BCUT2D eigenvalue weighted by Gasteiger charge is 2.23. The zero-order chi connectivity index (χ0) is 20.2. The SMILES string of the molecule is C[C@@H]1CCC[C@@H](C)N1CCCNC(=O)c1ccc2nc(N3CCCCC3)sc2c1. The molecule has 1 amide bonds. The van der Waals surface area contributed by atoms with Crippen LogP contribution in [0.5, 0.6) is 0 Å². The largest absolute Gasteiger partial charge is 0.352 e. The van der Waals surface area contributed by atoms with E-state index in [0.29, 0.717) is 12.1 Å². The lowest BCUT2D eigenvalue weighted by atomic mass is 9.97. The summed E-state index contributed by atoms with van der Waals surface area (Å²) in [6, 6.07) is 7.23. The quantitative estimate of drug-likeness (QED) is 0.698. The number of fused-ring (bicyclic) bond motifs is 1. The number of rotatable bonds is 6. The van der Waals surface area contributed by atoms with Gasteiger partial charge in [0.2, 0.25) is 0 Å². The normalized spacial score (nSPS) is 23.4. The van der Waals surface area contributed by atoms with Gasteiger partial charge in [0.05, 0.1) is 10.2 Å². The minimum Gasteiger partial charge on any atom is -0.352 e. The fraction of sp³-hybridized carbons (Fsp3) is 0.652. The summed E-state index contributed by atoms with van der Waals surface area (Å²) >= 11 is 1.71. The Bertz CT molecular complexity index is 819. The molecule has 2 saturated heterocycles. The third-order valence-electron chi connectivity index (χ3n) is 6.52. The van der Waals surface area contributed by atoms with E-state index in [1.54, 1.807) is 11.3 Å². The van der Waals surface area contributed by atoms with E-state index in [0.717, 1.165) is 53.5 Å². The van der Waals surface area contributed by atoms with Crippen molar-refractivity contribution in [3.05, 3.63) is 23.8 Å². The van der Waals surface area contributed by atoms with E-state index in [1.165, 1.54) is 38.5 Å². The molecule has 0 saturated carbocycles. The minimum atomic E-state index is 0.0274. The van der Waals surface area contributed by atoms with Crippen LogP contribution < -0.4 is 10.2 Å². The lowest BCUT2D eigenvalue weighted by molar-refractivity contribution is 0.0925. The summed E-state index contributed by atoms with van der Waals surface area (Å²) in [5.41, 5.74) is 1.74. The fourth-order valence-corrected chi connectivity index (χ4v) is 5.81. The van der Waals surface area contributed by atoms with Crippen LogP contribution in [0.15, 0.2) is 18.2 Å². The molecule has 0 aliphatic carbocycles. The molecule has 158 valence electrons. The average Bonchev–Trinajstić information content (AvgIpc) is 3.17. The van der Waals surface area contributed by atoms with Gasteiger partial charge < -0.3 is 10.2 Å². The van der Waals surface area contributed by atoms with Crippen molar-refractivity contribution in [1.82, 2.24) is 15.2 Å². The van der Waals surface area contributed by atoms with E-state index >= 15 is 0 Å². The molecule has 1 aromatic carbocycles. The summed E-state index contributed by atoms with van der Waals surface area (Å²) in [5.74, 6) is 0.0274. The van der Waals surface area contributed by atoms with Crippen LogP contribution in [-0.2, 0) is 0 Å². The molecular formula is C23H34N4OS. The molecule has 0 radical (unpaired) electrons. The molecular weight excluding hydrogens is 380 g/mol. The molecule has 2 aromatic rings. The number of carbonyl (C=O) groups excluding carboxylic acids is 1. The maximum Gasteiger partial charge on any atom is 0.251 e. The van der Waals surface area contributed by atoms with Gasteiger partial charge in [0, 0.05) is 43.8 Å². The van der Waals surface area contributed by atoms with Crippen LogP contribution in [0.25, 0.3) is 10.2 Å². The number of carbonyl (C=O) groups is 1. The first kappa shape index (κ1) is 20.6. The Labute approximate surface area is 178 Å². The van der Waals surface area contributed by atoms with Crippen LogP contribution in [0.3, 0.4) is 0 Å². The van der Waals surface area contributed by atoms with Gasteiger partial charge in [0.15, 0.2) is 5.13 Å². The maximum atomic E-state index is 12.6. The second-order valence-electron chi connectivity index (χ2n) is 8.70. The number of aromatic nitrogens is 1. The number of anilines is 1. The zero-order valence-corrected chi connectivity index (χ0v) is 18.6. The summed E-state index contributed by atoms with van der Waals surface area (Å²) < 4.78 is 1.11. The molecule has 0 bridgehead atoms. The Kier molecular flexibility index (Phi) is 6.70. The van der Waals surface area contributed by atoms with E-state index in [2.05, 4.69) is 29.0 Å². The molecule has 6 heteroatoms. The van der Waals surface area contributed by atoms with E-state index in [-0.39, 0.29) is 5.91 Å². The van der Waals surface area contributed by atoms with Gasteiger partial charge in [0.1, 0.15) is 0 Å². The van der Waals surface area contributed by atoms with Gasteiger partial charge in [-0.2, -0.15) is 0 Å². The van der Waals surface area contributed by atoms with Crippen LogP contribution in [-0.4, -0.2) is 54.1 Å². The Balaban J connectivity index is 1.31. The van der Waals surface area contributed by atoms with Gasteiger partial charge in [-0.1, -0.05) is 17.8 Å². The van der Waals surface area contributed by atoms with Crippen molar-refractivity contribution in [1.29, 1.82) is 0 Å². The highest BCUT2D eigenvalue weighted by molar-refractivity contribution is 7.22. The summed E-state index contributed by atoms with van der Waals surface area (Å²) in [5, 5.41) is 4.21. The lowest BCUT2D eigenvalue weighted by Gasteiger charge is -2.39. The van der Waals surface area contributed by atoms with Gasteiger partial charge in [-0.3, -0.25) is 9.69 Å². The number of hydrogen-bond acceptors (Lipinski definition) is 5. The van der Waals surface area contributed by atoms with Gasteiger partial charge >= 0.3 is 0 Å².